The Kier molecular flexibility index (Phi) is 4.20. The number of carboxylic acids is 1. The van der Waals surface area contributed by atoms with Crippen molar-refractivity contribution in [2.75, 3.05) is 13.1 Å². The van der Waals surface area contributed by atoms with E-state index < -0.39 is 17.9 Å². The van der Waals surface area contributed by atoms with Crippen LogP contribution in [0.15, 0.2) is 15.2 Å². The zero-order valence-electron chi connectivity index (χ0n) is 9.76. The Bertz CT molecular complexity index is 531. The topological polar surface area (TPSA) is 86.7 Å². The van der Waals surface area contributed by atoms with Gasteiger partial charge in [-0.05, 0) is 22.0 Å². The molecule has 0 radical (unpaired) electrons. The molecule has 1 aliphatic rings. The molecule has 1 atom stereocenters. The summed E-state index contributed by atoms with van der Waals surface area (Å²) in [6.07, 6.45) is -0.386. The Morgan fingerprint density at radius 1 is 1.58 bits per heavy atom. The van der Waals surface area contributed by atoms with Crippen LogP contribution in [0.1, 0.15) is 16.8 Å². The molecule has 102 valence electrons. The van der Waals surface area contributed by atoms with E-state index in [-0.39, 0.29) is 12.3 Å². The van der Waals surface area contributed by atoms with Gasteiger partial charge in [0.15, 0.2) is 0 Å². The van der Waals surface area contributed by atoms with Crippen LogP contribution in [0.4, 0.5) is 0 Å². The lowest BCUT2D eigenvalue weighted by Gasteiger charge is -2.34. The number of aliphatic carboxylic acids is 1. The molecule has 2 N–H and O–H groups in total. The van der Waals surface area contributed by atoms with Gasteiger partial charge in [-0.2, -0.15) is 0 Å². The first kappa shape index (κ1) is 14.0. The highest BCUT2D eigenvalue weighted by Gasteiger charge is 2.35. The second kappa shape index (κ2) is 5.70. The maximum Gasteiger partial charge on any atom is 0.305 e. The molecule has 1 unspecified atom stereocenters. The van der Waals surface area contributed by atoms with Crippen LogP contribution in [0.2, 0.25) is 0 Å². The molecule has 2 amide bonds. The Morgan fingerprint density at radius 3 is 2.89 bits per heavy atom. The highest BCUT2D eigenvalue weighted by atomic mass is 79.9. The van der Waals surface area contributed by atoms with Gasteiger partial charge in [0.25, 0.3) is 5.91 Å². The minimum atomic E-state index is -1.11. The summed E-state index contributed by atoms with van der Waals surface area (Å²) in [5.41, 5.74) is 0.460. The Morgan fingerprint density at radius 2 is 2.32 bits per heavy atom. The first-order valence-corrected chi connectivity index (χ1v) is 7.21. The molecule has 2 rings (SSSR count). The van der Waals surface area contributed by atoms with E-state index in [4.69, 9.17) is 5.11 Å². The maximum absolute atomic E-state index is 12.3. The zero-order chi connectivity index (χ0) is 14.0. The van der Waals surface area contributed by atoms with E-state index in [0.717, 1.165) is 3.79 Å². The largest absolute Gasteiger partial charge is 0.481 e. The number of amides is 2. The highest BCUT2D eigenvalue weighted by Crippen LogP contribution is 2.23. The lowest BCUT2D eigenvalue weighted by Crippen LogP contribution is -2.57. The standard InChI is InChI=1S/C11H11BrN2O4S/c12-8-3-6(5-19-8)11(18)14-2-1-13-10(17)7(14)4-9(15)16/h3,5,7H,1-2,4H2,(H,13,17)(H,15,16). The van der Waals surface area contributed by atoms with Crippen molar-refractivity contribution in [3.63, 3.8) is 0 Å². The van der Waals surface area contributed by atoms with Crippen molar-refractivity contribution in [1.29, 1.82) is 0 Å². The van der Waals surface area contributed by atoms with E-state index in [9.17, 15) is 14.4 Å². The molecule has 1 saturated heterocycles. The molecule has 1 aromatic heterocycles. The van der Waals surface area contributed by atoms with Crippen molar-refractivity contribution < 1.29 is 19.5 Å². The lowest BCUT2D eigenvalue weighted by atomic mass is 10.1. The van der Waals surface area contributed by atoms with Crippen molar-refractivity contribution in [2.45, 2.75) is 12.5 Å². The molecule has 6 nitrogen and oxygen atoms in total. The number of carbonyl (C=O) groups excluding carboxylic acids is 2. The Hall–Kier alpha value is -1.41. The summed E-state index contributed by atoms with van der Waals surface area (Å²) >= 11 is 4.63. The molecule has 0 saturated carbocycles. The van der Waals surface area contributed by atoms with Crippen LogP contribution in [0.5, 0.6) is 0 Å². The summed E-state index contributed by atoms with van der Waals surface area (Å²) in [5, 5.41) is 13.1. The highest BCUT2D eigenvalue weighted by molar-refractivity contribution is 9.11. The second-order valence-corrected chi connectivity index (χ2v) is 6.33. The van der Waals surface area contributed by atoms with E-state index in [1.165, 1.54) is 16.2 Å². The molecule has 0 bridgehead atoms. The number of thiophene rings is 1. The summed E-state index contributed by atoms with van der Waals surface area (Å²) in [6.45, 7) is 0.655. The molecule has 2 heterocycles. The molecule has 1 fully saturated rings. The van der Waals surface area contributed by atoms with Gasteiger partial charge < -0.3 is 15.3 Å². The molecule has 0 aromatic carbocycles. The SMILES string of the molecule is O=C(O)CC1C(=O)NCCN1C(=O)c1csc(Br)c1. The van der Waals surface area contributed by atoms with Crippen molar-refractivity contribution in [3.8, 4) is 0 Å². The van der Waals surface area contributed by atoms with Crippen LogP contribution in [0.3, 0.4) is 0 Å². The fourth-order valence-electron chi connectivity index (χ4n) is 1.91. The zero-order valence-corrected chi connectivity index (χ0v) is 12.2. The number of halogens is 1. The van der Waals surface area contributed by atoms with Crippen molar-refractivity contribution in [1.82, 2.24) is 10.2 Å². The molecule has 19 heavy (non-hydrogen) atoms. The summed E-state index contributed by atoms with van der Waals surface area (Å²) in [6, 6.07) is 0.717. The smallest absolute Gasteiger partial charge is 0.305 e. The average molecular weight is 347 g/mol. The number of rotatable bonds is 3. The van der Waals surface area contributed by atoms with Crippen molar-refractivity contribution in [2.24, 2.45) is 0 Å². The number of piperazine rings is 1. The molecule has 1 aromatic rings. The summed E-state index contributed by atoms with van der Waals surface area (Å²) in [5.74, 6) is -1.84. The fraction of sp³-hybridized carbons (Fsp3) is 0.364. The molecule has 1 aliphatic heterocycles. The van der Waals surface area contributed by atoms with Gasteiger partial charge in [0.1, 0.15) is 6.04 Å². The van der Waals surface area contributed by atoms with Gasteiger partial charge in [-0.3, -0.25) is 14.4 Å². The minimum Gasteiger partial charge on any atom is -0.481 e. The number of carboxylic acid groups (broad SMARTS) is 1. The molecule has 0 aliphatic carbocycles. The number of nitrogens with one attached hydrogen (secondary N) is 1. The molecular formula is C11H11BrN2O4S. The van der Waals surface area contributed by atoms with Crippen LogP contribution < -0.4 is 5.32 Å². The monoisotopic (exact) mass is 346 g/mol. The third kappa shape index (κ3) is 3.13. The second-order valence-electron chi connectivity index (χ2n) is 4.04. The van der Waals surface area contributed by atoms with Gasteiger partial charge in [0, 0.05) is 18.5 Å². The average Bonchev–Trinajstić information content (AvgIpc) is 2.77. The number of hydrogen-bond donors (Lipinski definition) is 2. The van der Waals surface area contributed by atoms with Crippen molar-refractivity contribution in [3.05, 3.63) is 20.8 Å². The third-order valence-corrected chi connectivity index (χ3v) is 4.28. The number of nitrogens with zero attached hydrogens (tertiary/aromatic N) is 1. The van der Waals surface area contributed by atoms with Crippen molar-refractivity contribution >= 4 is 45.1 Å². The summed E-state index contributed by atoms with van der Waals surface area (Å²) < 4.78 is 0.812. The maximum atomic E-state index is 12.3. The molecule has 0 spiro atoms. The lowest BCUT2D eigenvalue weighted by molar-refractivity contribution is -0.142. The fourth-order valence-corrected chi connectivity index (χ4v) is 3.04. The Balaban J connectivity index is 2.22. The van der Waals surface area contributed by atoms with E-state index >= 15 is 0 Å². The third-order valence-electron chi connectivity index (χ3n) is 2.77. The van der Waals surface area contributed by atoms with Gasteiger partial charge in [0.05, 0.1) is 15.8 Å². The predicted octanol–water partition coefficient (Wildman–Crippen LogP) is 0.926. The van der Waals surface area contributed by atoms with E-state index in [1.54, 1.807) is 11.4 Å². The van der Waals surface area contributed by atoms with E-state index in [0.29, 0.717) is 18.7 Å². The normalized spacial score (nSPS) is 19.1. The molecule has 8 heteroatoms. The van der Waals surface area contributed by atoms with Crippen LogP contribution in [-0.4, -0.2) is 46.9 Å². The van der Waals surface area contributed by atoms with Crippen LogP contribution in [0.25, 0.3) is 0 Å². The van der Waals surface area contributed by atoms with Crippen LogP contribution >= 0.6 is 27.3 Å². The van der Waals surface area contributed by atoms with Gasteiger partial charge in [-0.15, -0.1) is 11.3 Å². The van der Waals surface area contributed by atoms with Gasteiger partial charge in [-0.25, -0.2) is 0 Å². The van der Waals surface area contributed by atoms with Crippen LogP contribution in [-0.2, 0) is 9.59 Å². The predicted molar refractivity (Wildman–Crippen MR) is 72.1 cm³/mol. The number of carbonyl (C=O) groups is 3. The van der Waals surface area contributed by atoms with E-state index in [1.807, 2.05) is 0 Å². The van der Waals surface area contributed by atoms with E-state index in [2.05, 4.69) is 21.2 Å². The Labute approximate surface area is 121 Å². The molecular weight excluding hydrogens is 336 g/mol. The van der Waals surface area contributed by atoms with Crippen LogP contribution in [0, 0.1) is 0 Å². The first-order chi connectivity index (χ1) is 8.99. The number of hydrogen-bond acceptors (Lipinski definition) is 4. The minimum absolute atomic E-state index is 0.315. The summed E-state index contributed by atoms with van der Waals surface area (Å²) in [7, 11) is 0. The quantitative estimate of drug-likeness (QED) is 0.852. The van der Waals surface area contributed by atoms with Gasteiger partial charge in [0.2, 0.25) is 5.91 Å². The van der Waals surface area contributed by atoms with Gasteiger partial charge in [-0.1, -0.05) is 0 Å². The van der Waals surface area contributed by atoms with Gasteiger partial charge >= 0.3 is 5.97 Å². The summed E-state index contributed by atoms with van der Waals surface area (Å²) in [4.78, 5) is 36.1. The first-order valence-electron chi connectivity index (χ1n) is 5.53.